The molecule has 3 heterocycles. The summed E-state index contributed by atoms with van der Waals surface area (Å²) in [5.41, 5.74) is 1.04. The number of amides is 1. The number of esters is 1. The zero-order valence-electron chi connectivity index (χ0n) is 13.6. The molecule has 0 aliphatic carbocycles. The molecule has 3 aromatic rings. The number of hydrogen-bond donors (Lipinski definition) is 1. The molecule has 9 heteroatoms. The second-order valence-corrected chi connectivity index (χ2v) is 7.37. The molecule has 0 saturated heterocycles. The van der Waals surface area contributed by atoms with E-state index >= 15 is 0 Å². The summed E-state index contributed by atoms with van der Waals surface area (Å²) in [6.07, 6.45) is 0.810. The van der Waals surface area contributed by atoms with Crippen LogP contribution in [0.5, 0.6) is 0 Å². The van der Waals surface area contributed by atoms with E-state index in [9.17, 15) is 9.59 Å². The zero-order chi connectivity index (χ0) is 18.5. The Hall–Kier alpha value is -2.29. The van der Waals surface area contributed by atoms with Crippen molar-refractivity contribution < 1.29 is 14.3 Å². The van der Waals surface area contributed by atoms with Gasteiger partial charge < -0.3 is 4.74 Å². The summed E-state index contributed by atoms with van der Waals surface area (Å²) in [6, 6.07) is 6.77. The van der Waals surface area contributed by atoms with Gasteiger partial charge in [0.15, 0.2) is 11.2 Å². The largest absolute Gasteiger partial charge is 0.449 e. The van der Waals surface area contributed by atoms with E-state index < -0.39 is 18.0 Å². The molecule has 0 bridgehead atoms. The van der Waals surface area contributed by atoms with Gasteiger partial charge in [-0.15, -0.1) is 22.7 Å². The Morgan fingerprint density at radius 1 is 1.35 bits per heavy atom. The molecule has 1 amide bonds. The van der Waals surface area contributed by atoms with Gasteiger partial charge in [0.05, 0.1) is 16.1 Å². The van der Waals surface area contributed by atoms with Crippen molar-refractivity contribution in [3.05, 3.63) is 51.9 Å². The highest BCUT2D eigenvalue weighted by atomic mass is 35.5. The number of ether oxygens (including phenoxy) is 1. The maximum absolute atomic E-state index is 12.4. The Kier molecular flexibility index (Phi) is 5.97. The Balaban J connectivity index is 1.64. The fourth-order valence-electron chi connectivity index (χ4n) is 2.10. The number of nitrogens with one attached hydrogen (secondary N) is 1. The molecule has 3 rings (SSSR count). The van der Waals surface area contributed by atoms with E-state index in [-0.39, 0.29) is 10.7 Å². The highest BCUT2D eigenvalue weighted by Crippen LogP contribution is 2.28. The fourth-order valence-corrected chi connectivity index (χ4v) is 3.75. The Labute approximate surface area is 162 Å². The van der Waals surface area contributed by atoms with Gasteiger partial charge in [0, 0.05) is 11.6 Å². The van der Waals surface area contributed by atoms with Gasteiger partial charge in [-0.25, -0.2) is 14.8 Å². The van der Waals surface area contributed by atoms with Crippen LogP contribution in [0.25, 0.3) is 10.6 Å². The van der Waals surface area contributed by atoms with Gasteiger partial charge in [0.1, 0.15) is 5.15 Å². The molecule has 26 heavy (non-hydrogen) atoms. The van der Waals surface area contributed by atoms with Crippen LogP contribution < -0.4 is 5.32 Å². The Morgan fingerprint density at radius 3 is 2.88 bits per heavy atom. The predicted octanol–water partition coefficient (Wildman–Crippen LogP) is 4.49. The molecule has 1 unspecified atom stereocenters. The van der Waals surface area contributed by atoms with Crippen molar-refractivity contribution >= 4 is 51.3 Å². The lowest BCUT2D eigenvalue weighted by Gasteiger charge is -2.15. The molecule has 0 aliphatic heterocycles. The highest BCUT2D eigenvalue weighted by molar-refractivity contribution is 7.16. The van der Waals surface area contributed by atoms with Crippen LogP contribution in [0.2, 0.25) is 5.15 Å². The smallest absolute Gasteiger partial charge is 0.339 e. The van der Waals surface area contributed by atoms with E-state index in [2.05, 4.69) is 15.3 Å². The molecular weight excluding hydrogens is 394 g/mol. The second-order valence-electron chi connectivity index (χ2n) is 5.17. The average Bonchev–Trinajstić information content (AvgIpc) is 3.30. The van der Waals surface area contributed by atoms with E-state index in [0.717, 1.165) is 10.6 Å². The first-order valence-corrected chi connectivity index (χ1v) is 9.83. The van der Waals surface area contributed by atoms with E-state index in [1.807, 2.05) is 22.9 Å². The number of carbonyl (C=O) groups excluding carboxylic acids is 2. The van der Waals surface area contributed by atoms with Gasteiger partial charge in [0.25, 0.3) is 5.91 Å². The molecule has 0 aromatic carbocycles. The molecule has 1 atom stereocenters. The van der Waals surface area contributed by atoms with E-state index in [1.165, 1.54) is 29.7 Å². The number of thiazole rings is 1. The van der Waals surface area contributed by atoms with Crippen LogP contribution in [0, 0.1) is 0 Å². The first-order valence-electron chi connectivity index (χ1n) is 7.69. The minimum atomic E-state index is -0.927. The normalized spacial score (nSPS) is 11.8. The number of aromatic nitrogens is 2. The first kappa shape index (κ1) is 18.5. The van der Waals surface area contributed by atoms with Crippen LogP contribution in [0.1, 0.15) is 23.7 Å². The molecule has 0 radical (unpaired) electrons. The molecule has 0 fully saturated rings. The predicted molar refractivity (Wildman–Crippen MR) is 103 cm³/mol. The molecule has 0 spiro atoms. The minimum Gasteiger partial charge on any atom is -0.449 e. The number of thiophene rings is 1. The lowest BCUT2D eigenvalue weighted by Crippen LogP contribution is -2.32. The van der Waals surface area contributed by atoms with Gasteiger partial charge in [-0.05, 0) is 30.0 Å². The summed E-state index contributed by atoms with van der Waals surface area (Å²) in [5.74, 6) is -1.05. The van der Waals surface area contributed by atoms with Gasteiger partial charge in [-0.1, -0.05) is 24.6 Å². The van der Waals surface area contributed by atoms with Crippen LogP contribution in [0.15, 0.2) is 41.2 Å². The summed E-state index contributed by atoms with van der Waals surface area (Å²) in [4.78, 5) is 33.8. The van der Waals surface area contributed by atoms with Crippen molar-refractivity contribution in [1.29, 1.82) is 0 Å². The standard InChI is InChI=1S/C17H14ClN3O3S2/c1-2-12(24-16(23)10-5-6-19-14(18)8-10)15(22)21-17-20-11(9-26-17)13-4-3-7-25-13/h3-9,12H,2H2,1H3,(H,20,21,22). The quantitative estimate of drug-likeness (QED) is 0.480. The van der Waals surface area contributed by atoms with Crippen LogP contribution >= 0.6 is 34.3 Å². The lowest BCUT2D eigenvalue weighted by atomic mass is 10.2. The summed E-state index contributed by atoms with van der Waals surface area (Å²) in [6.45, 7) is 1.76. The van der Waals surface area contributed by atoms with Crippen LogP contribution in [-0.4, -0.2) is 27.9 Å². The number of anilines is 1. The minimum absolute atomic E-state index is 0.181. The van der Waals surface area contributed by atoms with E-state index in [4.69, 9.17) is 16.3 Å². The Bertz CT molecular complexity index is 912. The lowest BCUT2D eigenvalue weighted by molar-refractivity contribution is -0.124. The molecule has 6 nitrogen and oxygen atoms in total. The van der Waals surface area contributed by atoms with Crippen molar-refractivity contribution in [3.63, 3.8) is 0 Å². The van der Waals surface area contributed by atoms with E-state index in [0.29, 0.717) is 11.6 Å². The van der Waals surface area contributed by atoms with Crippen LogP contribution in [0.4, 0.5) is 5.13 Å². The molecule has 3 aromatic heterocycles. The highest BCUT2D eigenvalue weighted by Gasteiger charge is 2.23. The Morgan fingerprint density at radius 2 is 2.19 bits per heavy atom. The van der Waals surface area contributed by atoms with Gasteiger partial charge in [0.2, 0.25) is 0 Å². The number of halogens is 1. The molecule has 1 N–H and O–H groups in total. The third-order valence-corrected chi connectivity index (χ3v) is 5.24. The van der Waals surface area contributed by atoms with Crippen molar-refractivity contribution in [1.82, 2.24) is 9.97 Å². The number of carbonyl (C=O) groups is 2. The number of pyridine rings is 1. The van der Waals surface area contributed by atoms with Gasteiger partial charge >= 0.3 is 5.97 Å². The fraction of sp³-hybridized carbons (Fsp3) is 0.176. The summed E-state index contributed by atoms with van der Waals surface area (Å²) >= 11 is 8.66. The molecular formula is C17H14ClN3O3S2. The SMILES string of the molecule is CCC(OC(=O)c1ccnc(Cl)c1)C(=O)Nc1nc(-c2cccs2)cs1. The van der Waals surface area contributed by atoms with Crippen molar-refractivity contribution in [2.24, 2.45) is 0 Å². The van der Waals surface area contributed by atoms with E-state index in [1.54, 1.807) is 18.3 Å². The van der Waals surface area contributed by atoms with Crippen molar-refractivity contribution in [2.75, 3.05) is 5.32 Å². The van der Waals surface area contributed by atoms with Crippen LogP contribution in [-0.2, 0) is 9.53 Å². The van der Waals surface area contributed by atoms with Crippen molar-refractivity contribution in [3.8, 4) is 10.6 Å². The summed E-state index contributed by atoms with van der Waals surface area (Å²) in [7, 11) is 0. The van der Waals surface area contributed by atoms with Gasteiger partial charge in [-0.3, -0.25) is 10.1 Å². The first-order chi connectivity index (χ1) is 12.6. The number of rotatable bonds is 6. The number of hydrogen-bond acceptors (Lipinski definition) is 7. The topological polar surface area (TPSA) is 81.2 Å². The second kappa shape index (κ2) is 8.39. The molecule has 0 saturated carbocycles. The summed E-state index contributed by atoms with van der Waals surface area (Å²) in [5, 5.41) is 7.17. The molecule has 0 aliphatic rings. The monoisotopic (exact) mass is 407 g/mol. The maximum Gasteiger partial charge on any atom is 0.339 e. The molecule has 134 valence electrons. The van der Waals surface area contributed by atoms with Crippen LogP contribution in [0.3, 0.4) is 0 Å². The third kappa shape index (κ3) is 4.46. The van der Waals surface area contributed by atoms with Gasteiger partial charge in [-0.2, -0.15) is 0 Å². The summed E-state index contributed by atoms with van der Waals surface area (Å²) < 4.78 is 5.30. The average molecular weight is 408 g/mol. The third-order valence-electron chi connectivity index (χ3n) is 3.38. The zero-order valence-corrected chi connectivity index (χ0v) is 16.0. The number of nitrogens with zero attached hydrogens (tertiary/aromatic N) is 2. The van der Waals surface area contributed by atoms with Crippen molar-refractivity contribution in [2.45, 2.75) is 19.4 Å². The maximum atomic E-state index is 12.4.